The molecule has 0 bridgehead atoms. The number of amides is 1. The number of carboxylic acid groups (broad SMARTS) is 2. The van der Waals surface area contributed by atoms with E-state index >= 15 is 0 Å². The minimum atomic E-state index is -1.67. The van der Waals surface area contributed by atoms with E-state index < -0.39 is 40.9 Å². The molecule has 1 unspecified atom stereocenters. The van der Waals surface area contributed by atoms with Gasteiger partial charge in [0.05, 0.1) is 11.3 Å². The number of rotatable bonds is 6. The maximum atomic E-state index is 11.9. The minimum absolute atomic E-state index is 0.234. The molecule has 0 aliphatic rings. The van der Waals surface area contributed by atoms with E-state index in [1.165, 1.54) is 25.1 Å². The van der Waals surface area contributed by atoms with Crippen molar-refractivity contribution in [1.82, 2.24) is 5.32 Å². The number of aliphatic carboxylic acids is 2. The second-order valence-corrected chi connectivity index (χ2v) is 4.19. The van der Waals surface area contributed by atoms with Crippen LogP contribution in [0.25, 0.3) is 0 Å². The molecule has 0 aliphatic carbocycles. The summed E-state index contributed by atoms with van der Waals surface area (Å²) in [5.41, 5.74) is -0.538. The molecule has 0 heterocycles. The fraction of sp³-hybridized carbons (Fsp3) is 0.250. The van der Waals surface area contributed by atoms with Crippen LogP contribution in [0.4, 0.5) is 5.69 Å². The third-order valence-electron chi connectivity index (χ3n) is 2.65. The Morgan fingerprint density at radius 2 is 1.95 bits per heavy atom. The van der Waals surface area contributed by atoms with E-state index in [-0.39, 0.29) is 11.1 Å². The van der Waals surface area contributed by atoms with E-state index in [0.717, 1.165) is 0 Å². The van der Waals surface area contributed by atoms with E-state index in [1.807, 2.05) is 5.32 Å². The molecule has 1 atom stereocenters. The molecule has 21 heavy (non-hydrogen) atoms. The summed E-state index contributed by atoms with van der Waals surface area (Å²) in [6, 6.07) is 2.33. The minimum Gasteiger partial charge on any atom is -0.481 e. The monoisotopic (exact) mass is 296 g/mol. The number of nitrogens with one attached hydrogen (secondary N) is 1. The van der Waals surface area contributed by atoms with Crippen molar-refractivity contribution in [3.8, 4) is 0 Å². The van der Waals surface area contributed by atoms with Gasteiger partial charge in [-0.05, 0) is 13.0 Å². The van der Waals surface area contributed by atoms with Gasteiger partial charge < -0.3 is 15.5 Å². The van der Waals surface area contributed by atoms with E-state index in [9.17, 15) is 24.5 Å². The number of carboxylic acids is 2. The molecule has 0 aromatic heterocycles. The lowest BCUT2D eigenvalue weighted by molar-refractivity contribution is -0.385. The molecule has 1 rings (SSSR count). The van der Waals surface area contributed by atoms with Gasteiger partial charge >= 0.3 is 11.9 Å². The lowest BCUT2D eigenvalue weighted by atomic mass is 10.1. The Labute approximate surface area is 118 Å². The molecule has 0 saturated carbocycles. The third-order valence-corrected chi connectivity index (χ3v) is 2.65. The van der Waals surface area contributed by atoms with Crippen LogP contribution in [-0.2, 0) is 9.59 Å². The Morgan fingerprint density at radius 3 is 2.43 bits per heavy atom. The van der Waals surface area contributed by atoms with Crippen molar-refractivity contribution in [3.05, 3.63) is 39.4 Å². The quantitative estimate of drug-likeness (QED) is 0.513. The summed E-state index contributed by atoms with van der Waals surface area (Å²) >= 11 is 0. The summed E-state index contributed by atoms with van der Waals surface area (Å²) in [6.07, 6.45) is -0.833. The van der Waals surface area contributed by atoms with Gasteiger partial charge in [0.25, 0.3) is 11.6 Å². The molecule has 3 N–H and O–H groups in total. The van der Waals surface area contributed by atoms with Crippen molar-refractivity contribution in [1.29, 1.82) is 0 Å². The first kappa shape index (κ1) is 16.1. The lowest BCUT2D eigenvalue weighted by Gasteiger charge is -2.12. The number of carbonyl (C=O) groups is 3. The average Bonchev–Trinajstić information content (AvgIpc) is 2.36. The topological polar surface area (TPSA) is 147 Å². The highest BCUT2D eigenvalue weighted by molar-refractivity contribution is 6.00. The summed E-state index contributed by atoms with van der Waals surface area (Å²) in [5, 5.41) is 30.3. The number of nitro benzene ring substituents is 1. The van der Waals surface area contributed by atoms with Crippen LogP contribution in [0.2, 0.25) is 0 Å². The highest BCUT2D eigenvalue weighted by atomic mass is 16.6. The normalized spacial score (nSPS) is 11.5. The molecule has 0 spiro atoms. The summed E-state index contributed by atoms with van der Waals surface area (Å²) < 4.78 is 0. The highest BCUT2D eigenvalue weighted by Gasteiger charge is 2.28. The Morgan fingerprint density at radius 1 is 1.33 bits per heavy atom. The maximum Gasteiger partial charge on any atom is 0.326 e. The molecule has 0 aliphatic heterocycles. The second-order valence-electron chi connectivity index (χ2n) is 4.19. The van der Waals surface area contributed by atoms with Crippen LogP contribution in [0.5, 0.6) is 0 Å². The molecule has 1 aromatic carbocycles. The van der Waals surface area contributed by atoms with Gasteiger partial charge in [0.2, 0.25) is 0 Å². The predicted molar refractivity (Wildman–Crippen MR) is 69.0 cm³/mol. The zero-order chi connectivity index (χ0) is 16.2. The van der Waals surface area contributed by atoms with Crippen LogP contribution in [0.3, 0.4) is 0 Å². The number of carbonyl (C=O) groups excluding carboxylic acids is 1. The number of nitro groups is 1. The first-order valence-electron chi connectivity index (χ1n) is 5.73. The molecule has 1 amide bonds. The van der Waals surface area contributed by atoms with Gasteiger partial charge in [0.15, 0.2) is 0 Å². The van der Waals surface area contributed by atoms with E-state index in [0.29, 0.717) is 0 Å². The van der Waals surface area contributed by atoms with Gasteiger partial charge in [0.1, 0.15) is 11.6 Å². The Bertz CT molecular complexity index is 612. The third kappa shape index (κ3) is 4.00. The number of benzene rings is 1. The summed E-state index contributed by atoms with van der Waals surface area (Å²) in [5.74, 6) is -3.97. The van der Waals surface area contributed by atoms with Gasteiger partial charge in [0, 0.05) is 5.56 Å². The Hall–Kier alpha value is -2.97. The standard InChI is InChI=1S/C12H12N2O7/c1-6-3-2-4-7(10(6)14(20)21)11(17)13-8(12(18)19)5-9(15)16/h2-4,8H,5H2,1H3,(H,13,17)(H,15,16)(H,18,19). The number of nitrogens with zero attached hydrogens (tertiary/aromatic N) is 1. The Balaban J connectivity index is 3.09. The zero-order valence-electron chi connectivity index (χ0n) is 10.9. The summed E-state index contributed by atoms with van der Waals surface area (Å²) in [4.78, 5) is 43.6. The van der Waals surface area contributed by atoms with Gasteiger partial charge in [-0.3, -0.25) is 19.7 Å². The van der Waals surface area contributed by atoms with Gasteiger partial charge in [-0.15, -0.1) is 0 Å². The average molecular weight is 296 g/mol. The molecular formula is C12H12N2O7. The number of hydrogen-bond acceptors (Lipinski definition) is 5. The summed E-state index contributed by atoms with van der Waals surface area (Å²) in [6.45, 7) is 1.43. The number of hydrogen-bond donors (Lipinski definition) is 3. The van der Waals surface area contributed by atoms with Crippen molar-refractivity contribution in [2.75, 3.05) is 0 Å². The van der Waals surface area contributed by atoms with E-state index in [2.05, 4.69) is 0 Å². The van der Waals surface area contributed by atoms with Crippen LogP contribution >= 0.6 is 0 Å². The van der Waals surface area contributed by atoms with Crippen LogP contribution in [0.15, 0.2) is 18.2 Å². The van der Waals surface area contributed by atoms with Crippen molar-refractivity contribution in [2.45, 2.75) is 19.4 Å². The first-order chi connectivity index (χ1) is 9.73. The van der Waals surface area contributed by atoms with Crippen molar-refractivity contribution < 1.29 is 29.5 Å². The molecule has 0 fully saturated rings. The van der Waals surface area contributed by atoms with E-state index in [1.54, 1.807) is 0 Å². The smallest absolute Gasteiger partial charge is 0.326 e. The van der Waals surface area contributed by atoms with Crippen molar-refractivity contribution >= 4 is 23.5 Å². The molecule has 9 heteroatoms. The number of aryl methyl sites for hydroxylation is 1. The first-order valence-corrected chi connectivity index (χ1v) is 5.73. The van der Waals surface area contributed by atoms with Crippen LogP contribution < -0.4 is 5.32 Å². The second kappa shape index (κ2) is 6.46. The van der Waals surface area contributed by atoms with E-state index in [4.69, 9.17) is 10.2 Å². The summed E-state index contributed by atoms with van der Waals surface area (Å²) in [7, 11) is 0. The zero-order valence-corrected chi connectivity index (χ0v) is 10.9. The largest absolute Gasteiger partial charge is 0.481 e. The SMILES string of the molecule is Cc1cccc(C(=O)NC(CC(=O)O)C(=O)O)c1[N+](=O)[O-]. The molecule has 112 valence electrons. The van der Waals surface area contributed by atoms with Gasteiger partial charge in [-0.25, -0.2) is 4.79 Å². The van der Waals surface area contributed by atoms with Crippen molar-refractivity contribution in [3.63, 3.8) is 0 Å². The molecule has 9 nitrogen and oxygen atoms in total. The van der Waals surface area contributed by atoms with Crippen LogP contribution in [-0.4, -0.2) is 39.0 Å². The fourth-order valence-corrected chi connectivity index (χ4v) is 1.70. The molecule has 0 radical (unpaired) electrons. The lowest BCUT2D eigenvalue weighted by Crippen LogP contribution is -2.42. The van der Waals surface area contributed by atoms with Crippen molar-refractivity contribution in [2.24, 2.45) is 0 Å². The Kier molecular flexibility index (Phi) is 4.95. The van der Waals surface area contributed by atoms with Gasteiger partial charge in [-0.1, -0.05) is 12.1 Å². The fourth-order valence-electron chi connectivity index (χ4n) is 1.70. The molecule has 1 aromatic rings. The predicted octanol–water partition coefficient (Wildman–Crippen LogP) is 0.561. The number of para-hydroxylation sites is 1. The molecular weight excluding hydrogens is 284 g/mol. The van der Waals surface area contributed by atoms with Crippen LogP contribution in [0, 0.1) is 17.0 Å². The highest BCUT2D eigenvalue weighted by Crippen LogP contribution is 2.23. The molecule has 0 saturated heterocycles. The van der Waals surface area contributed by atoms with Gasteiger partial charge in [-0.2, -0.15) is 0 Å². The maximum absolute atomic E-state index is 11.9. The van der Waals surface area contributed by atoms with Crippen LogP contribution in [0.1, 0.15) is 22.3 Å².